The summed E-state index contributed by atoms with van der Waals surface area (Å²) < 4.78 is 2.18. The molecule has 2 nitrogen and oxygen atoms in total. The summed E-state index contributed by atoms with van der Waals surface area (Å²) in [5.74, 6) is 0. The van der Waals surface area contributed by atoms with Gasteiger partial charge in [-0.3, -0.25) is 4.99 Å². The van der Waals surface area contributed by atoms with Crippen LogP contribution in [0.15, 0.2) is 33.7 Å². The van der Waals surface area contributed by atoms with Crippen molar-refractivity contribution in [2.24, 2.45) is 4.99 Å². The first-order chi connectivity index (χ1) is 6.70. The normalized spacial score (nSPS) is 13.0. The summed E-state index contributed by atoms with van der Waals surface area (Å²) >= 11 is 4.93. The SMILES string of the molecule is C=NC(O)c1cc2ccc(Br)cc2s1. The van der Waals surface area contributed by atoms with Crippen LogP contribution < -0.4 is 0 Å². The van der Waals surface area contributed by atoms with Crippen LogP contribution in [0.5, 0.6) is 0 Å². The van der Waals surface area contributed by atoms with Crippen LogP contribution in [0, 0.1) is 0 Å². The number of nitrogens with zero attached hydrogens (tertiary/aromatic N) is 1. The average molecular weight is 270 g/mol. The molecule has 0 amide bonds. The van der Waals surface area contributed by atoms with E-state index >= 15 is 0 Å². The van der Waals surface area contributed by atoms with Crippen LogP contribution in [-0.4, -0.2) is 11.8 Å². The zero-order valence-electron chi connectivity index (χ0n) is 7.27. The molecule has 4 heteroatoms. The van der Waals surface area contributed by atoms with E-state index in [1.165, 1.54) is 11.3 Å². The van der Waals surface area contributed by atoms with E-state index in [-0.39, 0.29) is 0 Å². The Morgan fingerprint density at radius 1 is 1.43 bits per heavy atom. The number of hydrogen-bond donors (Lipinski definition) is 1. The van der Waals surface area contributed by atoms with E-state index < -0.39 is 6.23 Å². The lowest BCUT2D eigenvalue weighted by molar-refractivity contribution is 0.194. The Balaban J connectivity index is 2.56. The number of aliphatic imine (C=N–C) groups is 1. The second-order valence-electron chi connectivity index (χ2n) is 2.89. The second kappa shape index (κ2) is 3.81. The van der Waals surface area contributed by atoms with Crippen molar-refractivity contribution >= 4 is 44.1 Å². The fourth-order valence-corrected chi connectivity index (χ4v) is 2.81. The van der Waals surface area contributed by atoms with Gasteiger partial charge in [0.2, 0.25) is 0 Å². The van der Waals surface area contributed by atoms with Gasteiger partial charge in [0.15, 0.2) is 6.23 Å². The van der Waals surface area contributed by atoms with Crippen LogP contribution >= 0.6 is 27.3 Å². The van der Waals surface area contributed by atoms with Crippen LogP contribution in [0.2, 0.25) is 0 Å². The van der Waals surface area contributed by atoms with E-state index in [1.54, 1.807) is 0 Å². The standard InChI is InChI=1S/C10H8BrNOS/c1-12-10(13)9-4-6-2-3-7(11)5-8(6)14-9/h2-5,10,13H,1H2. The van der Waals surface area contributed by atoms with Gasteiger partial charge in [-0.2, -0.15) is 0 Å². The summed E-state index contributed by atoms with van der Waals surface area (Å²) in [6.45, 7) is 3.32. The summed E-state index contributed by atoms with van der Waals surface area (Å²) in [6.07, 6.45) is -0.800. The molecule has 2 aromatic rings. The zero-order valence-corrected chi connectivity index (χ0v) is 9.68. The largest absolute Gasteiger partial charge is 0.367 e. The highest BCUT2D eigenvalue weighted by Gasteiger charge is 2.08. The summed E-state index contributed by atoms with van der Waals surface area (Å²) in [5, 5.41) is 10.6. The monoisotopic (exact) mass is 269 g/mol. The highest BCUT2D eigenvalue weighted by atomic mass is 79.9. The number of thiophene rings is 1. The van der Waals surface area contributed by atoms with Crippen molar-refractivity contribution in [3.05, 3.63) is 33.6 Å². The van der Waals surface area contributed by atoms with Crippen LogP contribution in [0.25, 0.3) is 10.1 Å². The van der Waals surface area contributed by atoms with Crippen LogP contribution in [0.3, 0.4) is 0 Å². The highest BCUT2D eigenvalue weighted by molar-refractivity contribution is 9.10. The van der Waals surface area contributed by atoms with Crippen molar-refractivity contribution in [2.75, 3.05) is 0 Å². The lowest BCUT2D eigenvalue weighted by atomic mass is 10.2. The van der Waals surface area contributed by atoms with Crippen molar-refractivity contribution in [1.82, 2.24) is 0 Å². The molecule has 1 atom stereocenters. The molecule has 0 aliphatic rings. The van der Waals surface area contributed by atoms with E-state index in [1.807, 2.05) is 24.3 Å². The fraction of sp³-hybridized carbons (Fsp3) is 0.100. The van der Waals surface area contributed by atoms with Crippen molar-refractivity contribution in [3.63, 3.8) is 0 Å². The average Bonchev–Trinajstić information content (AvgIpc) is 2.59. The van der Waals surface area contributed by atoms with Crippen LogP contribution in [0.1, 0.15) is 11.1 Å². The maximum atomic E-state index is 9.47. The van der Waals surface area contributed by atoms with E-state index in [9.17, 15) is 5.11 Å². The Kier molecular flexibility index (Phi) is 2.67. The van der Waals surface area contributed by atoms with Gasteiger partial charge < -0.3 is 5.11 Å². The summed E-state index contributed by atoms with van der Waals surface area (Å²) in [4.78, 5) is 4.41. The van der Waals surface area contributed by atoms with E-state index in [4.69, 9.17) is 0 Å². The number of aliphatic hydroxyl groups excluding tert-OH is 1. The molecule has 72 valence electrons. The molecule has 0 aliphatic carbocycles. The Bertz CT molecular complexity index is 480. The molecule has 0 spiro atoms. The van der Waals surface area contributed by atoms with Gasteiger partial charge in [0, 0.05) is 9.17 Å². The Morgan fingerprint density at radius 3 is 2.93 bits per heavy atom. The maximum Gasteiger partial charge on any atom is 0.179 e. The molecule has 0 saturated carbocycles. The number of halogens is 1. The van der Waals surface area contributed by atoms with Crippen molar-refractivity contribution in [3.8, 4) is 0 Å². The summed E-state index contributed by atoms with van der Waals surface area (Å²) in [6, 6.07) is 7.95. The van der Waals surface area contributed by atoms with Gasteiger partial charge in [0.25, 0.3) is 0 Å². The minimum atomic E-state index is -0.800. The number of aliphatic hydroxyl groups is 1. The van der Waals surface area contributed by atoms with Gasteiger partial charge in [-0.05, 0) is 30.3 Å². The topological polar surface area (TPSA) is 32.6 Å². The molecule has 2 rings (SSSR count). The van der Waals surface area contributed by atoms with Gasteiger partial charge in [-0.25, -0.2) is 0 Å². The van der Waals surface area contributed by atoms with Crippen LogP contribution in [0.4, 0.5) is 0 Å². The predicted molar refractivity (Wildman–Crippen MR) is 64.0 cm³/mol. The minimum absolute atomic E-state index is 0.800. The van der Waals surface area contributed by atoms with Gasteiger partial charge in [0.1, 0.15) is 0 Å². The Morgan fingerprint density at radius 2 is 2.21 bits per heavy atom. The van der Waals surface area contributed by atoms with E-state index in [0.717, 1.165) is 19.4 Å². The minimum Gasteiger partial charge on any atom is -0.367 e. The molecule has 14 heavy (non-hydrogen) atoms. The lowest BCUT2D eigenvalue weighted by Crippen LogP contribution is -1.86. The van der Waals surface area contributed by atoms with E-state index in [0.29, 0.717) is 0 Å². The predicted octanol–water partition coefficient (Wildman–Crippen LogP) is 3.36. The molecule has 0 fully saturated rings. The molecule has 0 saturated heterocycles. The van der Waals surface area contributed by atoms with Crippen LogP contribution in [-0.2, 0) is 0 Å². The van der Waals surface area contributed by atoms with Gasteiger partial charge in [-0.1, -0.05) is 22.0 Å². The van der Waals surface area contributed by atoms with Crippen molar-refractivity contribution in [2.45, 2.75) is 6.23 Å². The first kappa shape index (κ1) is 9.83. The molecule has 1 N–H and O–H groups in total. The Hall–Kier alpha value is -0.710. The summed E-state index contributed by atoms with van der Waals surface area (Å²) in [5.41, 5.74) is 0. The molecule has 1 heterocycles. The summed E-state index contributed by atoms with van der Waals surface area (Å²) in [7, 11) is 0. The number of fused-ring (bicyclic) bond motifs is 1. The Labute approximate surface area is 94.0 Å². The van der Waals surface area contributed by atoms with Gasteiger partial charge >= 0.3 is 0 Å². The molecule has 1 aromatic heterocycles. The lowest BCUT2D eigenvalue weighted by Gasteiger charge is -1.97. The second-order valence-corrected chi connectivity index (χ2v) is 4.92. The van der Waals surface area contributed by atoms with Gasteiger partial charge in [0.05, 0.1) is 4.88 Å². The number of hydrogen-bond acceptors (Lipinski definition) is 3. The smallest absolute Gasteiger partial charge is 0.179 e. The highest BCUT2D eigenvalue weighted by Crippen LogP contribution is 2.31. The maximum absolute atomic E-state index is 9.47. The van der Waals surface area contributed by atoms with Crippen molar-refractivity contribution in [1.29, 1.82) is 0 Å². The van der Waals surface area contributed by atoms with Gasteiger partial charge in [-0.15, -0.1) is 11.3 Å². The molecule has 0 bridgehead atoms. The molecular weight excluding hydrogens is 262 g/mol. The quantitative estimate of drug-likeness (QED) is 0.834. The molecule has 1 aromatic carbocycles. The third-order valence-corrected chi connectivity index (χ3v) is 3.56. The third-order valence-electron chi connectivity index (χ3n) is 1.93. The molecular formula is C10H8BrNOS. The van der Waals surface area contributed by atoms with Crippen molar-refractivity contribution < 1.29 is 5.11 Å². The molecule has 0 radical (unpaired) electrons. The number of rotatable bonds is 2. The molecule has 1 unspecified atom stereocenters. The fourth-order valence-electron chi connectivity index (χ4n) is 1.24. The first-order valence-electron chi connectivity index (χ1n) is 4.03. The van der Waals surface area contributed by atoms with E-state index in [2.05, 4.69) is 27.6 Å². The third kappa shape index (κ3) is 1.73. The number of benzene rings is 1. The first-order valence-corrected chi connectivity index (χ1v) is 5.64. The zero-order chi connectivity index (χ0) is 10.1. The molecule has 0 aliphatic heterocycles.